The topological polar surface area (TPSA) is 192 Å². The quantitative estimate of drug-likeness (QED) is 0.191. The van der Waals surface area contributed by atoms with Crippen LogP contribution in [-0.2, 0) is 32.2 Å². The number of carbonyl (C=O) groups excluding carboxylic acids is 5. The molecule has 15 nitrogen and oxygen atoms in total. The number of fused-ring (bicyclic) bond motifs is 2. The van der Waals surface area contributed by atoms with Gasteiger partial charge in [-0.15, -0.1) is 0 Å². The van der Waals surface area contributed by atoms with Gasteiger partial charge in [0.2, 0.25) is 0 Å². The summed E-state index contributed by atoms with van der Waals surface area (Å²) in [6.45, 7) is 3.39. The lowest BCUT2D eigenvalue weighted by molar-refractivity contribution is -0.155. The number of ether oxygens (including phenoxy) is 2. The number of carboxylic acids is 1. The first kappa shape index (κ1) is 36.1. The molecular formula is C37H38N4O11. The SMILES string of the molecule is CCC1OC(c2cn(CCCN3C(=O)c4ccccc4C3=O)c(=O)n(CCCN3C(=O)c4ccccc4C3=O)c2=O)C(OC(=O)CCC(=O)O)C1C. The highest BCUT2D eigenvalue weighted by atomic mass is 16.6. The van der Waals surface area contributed by atoms with Gasteiger partial charge in [-0.1, -0.05) is 38.1 Å². The van der Waals surface area contributed by atoms with E-state index < -0.39 is 71.5 Å². The minimum atomic E-state index is -1.17. The second-order valence-electron chi connectivity index (χ2n) is 13.1. The maximum Gasteiger partial charge on any atom is 0.330 e. The summed E-state index contributed by atoms with van der Waals surface area (Å²) < 4.78 is 14.2. The van der Waals surface area contributed by atoms with Gasteiger partial charge in [-0.2, -0.15) is 0 Å². The maximum absolute atomic E-state index is 14.1. The fraction of sp³-hybridized carbons (Fsp3) is 0.405. The Morgan fingerprint density at radius 2 is 1.25 bits per heavy atom. The lowest BCUT2D eigenvalue weighted by Crippen LogP contribution is -2.44. The smallest absolute Gasteiger partial charge is 0.330 e. The number of imide groups is 2. The zero-order chi connectivity index (χ0) is 37.3. The number of esters is 1. The summed E-state index contributed by atoms with van der Waals surface area (Å²) in [6, 6.07) is 12.9. The number of aromatic nitrogens is 2. The standard InChI is InChI=1S/C37H38N4O11/c1-3-27-21(2)30(52-29(44)15-14-28(42)43)31(51-27)26-20-38(16-8-17-39-32(45)22-10-4-5-11-23(22)33(39)46)37(50)41(36(26)49)19-9-18-40-34(47)24-12-6-7-13-25(24)35(40)48/h4-7,10-13,20-21,27,30-31H,3,8-9,14-19H2,1-2H3,(H,42,43). The van der Waals surface area contributed by atoms with Crippen LogP contribution in [0.15, 0.2) is 64.3 Å². The van der Waals surface area contributed by atoms with Crippen LogP contribution in [0.5, 0.6) is 0 Å². The van der Waals surface area contributed by atoms with Gasteiger partial charge in [0, 0.05) is 38.3 Å². The van der Waals surface area contributed by atoms with Crippen LogP contribution in [0.3, 0.4) is 0 Å². The molecular weight excluding hydrogens is 676 g/mol. The average molecular weight is 715 g/mol. The maximum atomic E-state index is 14.1. The lowest BCUT2D eigenvalue weighted by atomic mass is 9.94. The largest absolute Gasteiger partial charge is 0.481 e. The van der Waals surface area contributed by atoms with Crippen molar-refractivity contribution in [3.8, 4) is 0 Å². The van der Waals surface area contributed by atoms with E-state index in [9.17, 15) is 38.4 Å². The summed E-state index contributed by atoms with van der Waals surface area (Å²) in [5.74, 6) is -4.18. The first-order valence-corrected chi connectivity index (χ1v) is 17.2. The third-order valence-electron chi connectivity index (χ3n) is 9.81. The summed E-state index contributed by atoms with van der Waals surface area (Å²) in [7, 11) is 0. The van der Waals surface area contributed by atoms with Gasteiger partial charge in [0.1, 0.15) is 12.2 Å². The van der Waals surface area contributed by atoms with Crippen LogP contribution in [0.25, 0.3) is 0 Å². The van der Waals surface area contributed by atoms with Gasteiger partial charge < -0.3 is 14.6 Å². The molecule has 52 heavy (non-hydrogen) atoms. The molecule has 0 spiro atoms. The minimum Gasteiger partial charge on any atom is -0.481 e. The number of hydrogen-bond acceptors (Lipinski definition) is 10. The van der Waals surface area contributed by atoms with Gasteiger partial charge >= 0.3 is 17.6 Å². The molecule has 0 saturated carbocycles. The monoisotopic (exact) mass is 714 g/mol. The van der Waals surface area contributed by atoms with Crippen molar-refractivity contribution in [3.63, 3.8) is 0 Å². The first-order chi connectivity index (χ1) is 24.9. The summed E-state index contributed by atoms with van der Waals surface area (Å²) in [4.78, 5) is 106. The van der Waals surface area contributed by atoms with Gasteiger partial charge in [0.15, 0.2) is 0 Å². The Morgan fingerprint density at radius 3 is 1.73 bits per heavy atom. The second kappa shape index (κ2) is 14.9. The van der Waals surface area contributed by atoms with E-state index in [1.165, 1.54) is 10.8 Å². The molecule has 2 aromatic carbocycles. The van der Waals surface area contributed by atoms with Crippen molar-refractivity contribution in [2.45, 2.75) is 77.4 Å². The Labute approximate surface area is 297 Å². The molecule has 4 heterocycles. The Hall–Kier alpha value is -5.70. The van der Waals surface area contributed by atoms with Crippen LogP contribution in [0.2, 0.25) is 0 Å². The van der Waals surface area contributed by atoms with E-state index in [4.69, 9.17) is 14.6 Å². The number of amides is 4. The van der Waals surface area contributed by atoms with Gasteiger partial charge in [0.05, 0.1) is 46.8 Å². The number of aliphatic carboxylic acids is 1. The molecule has 1 saturated heterocycles. The molecule has 4 amide bonds. The van der Waals surface area contributed by atoms with Crippen LogP contribution < -0.4 is 11.2 Å². The summed E-state index contributed by atoms with van der Waals surface area (Å²) in [6.07, 6.45) is -1.28. The zero-order valence-corrected chi connectivity index (χ0v) is 28.7. The van der Waals surface area contributed by atoms with Crippen molar-refractivity contribution in [1.29, 1.82) is 0 Å². The highest BCUT2D eigenvalue weighted by Gasteiger charge is 2.46. The Balaban J connectivity index is 1.28. The van der Waals surface area contributed by atoms with Crippen molar-refractivity contribution in [3.05, 3.63) is 103 Å². The van der Waals surface area contributed by atoms with Gasteiger partial charge in [0.25, 0.3) is 29.2 Å². The predicted molar refractivity (Wildman–Crippen MR) is 182 cm³/mol. The Bertz CT molecular complexity index is 2020. The van der Waals surface area contributed by atoms with Crippen LogP contribution in [0.1, 0.15) is 99.1 Å². The number of aryl methyl sites for hydroxylation is 1. The number of hydrogen-bond donors (Lipinski definition) is 1. The molecule has 4 unspecified atom stereocenters. The summed E-state index contributed by atoms with van der Waals surface area (Å²) >= 11 is 0. The van der Waals surface area contributed by atoms with Gasteiger partial charge in [-0.05, 0) is 43.5 Å². The molecule has 3 aromatic rings. The van der Waals surface area contributed by atoms with Crippen LogP contribution >= 0.6 is 0 Å². The number of rotatable bonds is 14. The molecule has 3 aliphatic rings. The van der Waals surface area contributed by atoms with E-state index in [0.29, 0.717) is 17.5 Å². The van der Waals surface area contributed by atoms with E-state index in [2.05, 4.69) is 0 Å². The molecule has 3 aliphatic heterocycles. The molecule has 0 bridgehead atoms. The zero-order valence-electron chi connectivity index (χ0n) is 28.7. The highest BCUT2D eigenvalue weighted by Crippen LogP contribution is 2.39. The van der Waals surface area contributed by atoms with E-state index >= 15 is 0 Å². The first-order valence-electron chi connectivity index (χ1n) is 17.2. The summed E-state index contributed by atoms with van der Waals surface area (Å²) in [5.41, 5.74) is -0.278. The van der Waals surface area contributed by atoms with Crippen LogP contribution in [-0.4, -0.2) is 84.9 Å². The van der Waals surface area contributed by atoms with Crippen molar-refractivity contribution in [1.82, 2.24) is 18.9 Å². The molecule has 4 atom stereocenters. The van der Waals surface area contributed by atoms with E-state index in [1.807, 2.05) is 6.92 Å². The molecule has 0 radical (unpaired) electrons. The fourth-order valence-electron chi connectivity index (χ4n) is 7.08. The number of carbonyl (C=O) groups is 6. The number of carboxylic acid groups (broad SMARTS) is 1. The third-order valence-corrected chi connectivity index (χ3v) is 9.81. The van der Waals surface area contributed by atoms with Gasteiger partial charge in [-0.25, -0.2) is 4.79 Å². The Kier molecular flexibility index (Phi) is 10.3. The Morgan fingerprint density at radius 1 is 0.750 bits per heavy atom. The van der Waals surface area contributed by atoms with Crippen LogP contribution in [0, 0.1) is 5.92 Å². The number of benzene rings is 2. The molecule has 6 rings (SSSR count). The summed E-state index contributed by atoms with van der Waals surface area (Å²) in [5, 5.41) is 9.05. The van der Waals surface area contributed by atoms with Gasteiger partial charge in [-0.3, -0.25) is 52.5 Å². The second-order valence-corrected chi connectivity index (χ2v) is 13.1. The molecule has 1 N–H and O–H groups in total. The van der Waals surface area contributed by atoms with E-state index in [0.717, 1.165) is 14.4 Å². The molecule has 1 aromatic heterocycles. The molecule has 0 aliphatic carbocycles. The van der Waals surface area contributed by atoms with Crippen LogP contribution in [0.4, 0.5) is 0 Å². The average Bonchev–Trinajstić information content (AvgIpc) is 3.67. The fourth-order valence-corrected chi connectivity index (χ4v) is 7.08. The predicted octanol–water partition coefficient (Wildman–Crippen LogP) is 2.65. The van der Waals surface area contributed by atoms with Crippen molar-refractivity contribution in [2.75, 3.05) is 13.1 Å². The highest BCUT2D eigenvalue weighted by molar-refractivity contribution is 6.22. The molecule has 1 fully saturated rings. The normalized spacial score (nSPS) is 20.8. The van der Waals surface area contributed by atoms with Crippen molar-refractivity contribution >= 4 is 35.6 Å². The minimum absolute atomic E-state index is 0.00826. The molecule has 272 valence electrons. The van der Waals surface area contributed by atoms with Crippen molar-refractivity contribution < 1.29 is 43.3 Å². The van der Waals surface area contributed by atoms with E-state index in [-0.39, 0.29) is 68.0 Å². The van der Waals surface area contributed by atoms with E-state index in [1.54, 1.807) is 55.5 Å². The number of nitrogens with zero attached hydrogens (tertiary/aromatic N) is 4. The lowest BCUT2D eigenvalue weighted by Gasteiger charge is -2.23. The molecule has 15 heteroatoms. The van der Waals surface area contributed by atoms with Crippen molar-refractivity contribution in [2.24, 2.45) is 5.92 Å². The third kappa shape index (κ3) is 6.70.